The first-order valence-electron chi connectivity index (χ1n) is 11.7. The normalized spacial score (nSPS) is 17.4. The highest BCUT2D eigenvalue weighted by Gasteiger charge is 2.23. The molecule has 1 aliphatic carbocycles. The van der Waals surface area contributed by atoms with Gasteiger partial charge in [-0.15, -0.1) is 11.3 Å². The van der Waals surface area contributed by atoms with E-state index in [0.29, 0.717) is 18.9 Å². The third-order valence-electron chi connectivity index (χ3n) is 6.47. The van der Waals surface area contributed by atoms with Gasteiger partial charge in [0.15, 0.2) is 0 Å². The average Bonchev–Trinajstić information content (AvgIpc) is 3.13. The van der Waals surface area contributed by atoms with E-state index in [-0.39, 0.29) is 5.56 Å². The van der Waals surface area contributed by atoms with Crippen LogP contribution in [-0.2, 0) is 24.2 Å². The molecule has 2 aromatic heterocycles. The molecule has 2 aromatic rings. The van der Waals surface area contributed by atoms with Crippen LogP contribution in [0.1, 0.15) is 74.6 Å². The van der Waals surface area contributed by atoms with Crippen molar-refractivity contribution in [3.05, 3.63) is 26.6 Å². The summed E-state index contributed by atoms with van der Waals surface area (Å²) in [6.07, 6.45) is 11.1. The van der Waals surface area contributed by atoms with E-state index in [0.717, 1.165) is 67.9 Å². The van der Waals surface area contributed by atoms with Gasteiger partial charge in [0, 0.05) is 37.5 Å². The van der Waals surface area contributed by atoms with Crippen molar-refractivity contribution in [3.8, 4) is 0 Å². The molecule has 0 saturated carbocycles. The summed E-state index contributed by atoms with van der Waals surface area (Å²) in [7, 11) is 0. The highest BCUT2D eigenvalue weighted by Crippen LogP contribution is 2.33. The molecule has 164 valence electrons. The Morgan fingerprint density at radius 1 is 1.07 bits per heavy atom. The number of aryl methyl sites for hydroxylation is 2. The molecular weight excluding hydrogens is 396 g/mol. The van der Waals surface area contributed by atoms with Crippen LogP contribution in [0.25, 0.3) is 10.2 Å². The van der Waals surface area contributed by atoms with Crippen LogP contribution < -0.4 is 5.56 Å². The summed E-state index contributed by atoms with van der Waals surface area (Å²) >= 11 is 1.70. The lowest BCUT2D eigenvalue weighted by molar-refractivity contribution is -0.133. The Bertz CT molecular complexity index is 927. The molecule has 1 amide bonds. The lowest BCUT2D eigenvalue weighted by atomic mass is 9.97. The molecule has 0 radical (unpaired) electrons. The molecule has 4 rings (SSSR count). The molecule has 3 heterocycles. The van der Waals surface area contributed by atoms with Crippen LogP contribution in [-0.4, -0.2) is 51.9 Å². The molecular formula is C23H34N4O2S. The Balaban J connectivity index is 1.30. The number of fused-ring (bicyclic) bond motifs is 3. The molecule has 0 atom stereocenters. The number of hydrogen-bond donors (Lipinski definition) is 1. The number of nitrogens with zero attached hydrogens (tertiary/aromatic N) is 3. The van der Waals surface area contributed by atoms with Crippen molar-refractivity contribution in [2.45, 2.75) is 77.7 Å². The summed E-state index contributed by atoms with van der Waals surface area (Å²) in [4.78, 5) is 39.5. The van der Waals surface area contributed by atoms with Crippen molar-refractivity contribution in [3.63, 3.8) is 0 Å². The maximum atomic E-state index is 12.7. The fourth-order valence-corrected chi connectivity index (χ4v) is 5.97. The van der Waals surface area contributed by atoms with Crippen LogP contribution in [0.5, 0.6) is 0 Å². The van der Waals surface area contributed by atoms with E-state index >= 15 is 0 Å². The van der Waals surface area contributed by atoms with E-state index in [1.165, 1.54) is 42.5 Å². The van der Waals surface area contributed by atoms with Gasteiger partial charge in [-0.25, -0.2) is 4.98 Å². The van der Waals surface area contributed by atoms with Gasteiger partial charge in [-0.05, 0) is 37.7 Å². The molecule has 0 spiro atoms. The quantitative estimate of drug-likeness (QED) is 0.646. The second-order valence-electron chi connectivity index (χ2n) is 8.72. The Kier molecular flexibility index (Phi) is 7.20. The smallest absolute Gasteiger partial charge is 0.259 e. The van der Waals surface area contributed by atoms with Crippen molar-refractivity contribution < 1.29 is 4.79 Å². The minimum absolute atomic E-state index is 0.0197. The van der Waals surface area contributed by atoms with Gasteiger partial charge in [0.05, 0.1) is 11.9 Å². The van der Waals surface area contributed by atoms with Gasteiger partial charge in [0.25, 0.3) is 5.56 Å². The molecule has 1 fully saturated rings. The van der Waals surface area contributed by atoms with Gasteiger partial charge < -0.3 is 9.88 Å². The molecule has 30 heavy (non-hydrogen) atoms. The number of amides is 1. The lowest BCUT2D eigenvalue weighted by Crippen LogP contribution is -2.48. The summed E-state index contributed by atoms with van der Waals surface area (Å²) in [5, 5.41) is 0.827. The predicted octanol–water partition coefficient (Wildman–Crippen LogP) is 3.87. The molecule has 1 saturated heterocycles. The Hall–Kier alpha value is -1.73. The van der Waals surface area contributed by atoms with Gasteiger partial charge in [-0.2, -0.15) is 0 Å². The molecule has 6 nitrogen and oxygen atoms in total. The number of hydrogen-bond acceptors (Lipinski definition) is 5. The zero-order valence-corrected chi connectivity index (χ0v) is 19.0. The van der Waals surface area contributed by atoms with E-state index in [4.69, 9.17) is 4.98 Å². The van der Waals surface area contributed by atoms with Gasteiger partial charge >= 0.3 is 0 Å². The third-order valence-corrected chi connectivity index (χ3v) is 7.65. The van der Waals surface area contributed by atoms with Crippen molar-refractivity contribution in [1.29, 1.82) is 0 Å². The fraction of sp³-hybridized carbons (Fsp3) is 0.696. The minimum Gasteiger partial charge on any atom is -0.340 e. The van der Waals surface area contributed by atoms with E-state index < -0.39 is 0 Å². The number of nitrogens with one attached hydrogen (secondary N) is 1. The minimum atomic E-state index is 0.0197. The fourth-order valence-electron chi connectivity index (χ4n) is 4.69. The van der Waals surface area contributed by atoms with Crippen LogP contribution in [0.2, 0.25) is 0 Å². The number of carbonyl (C=O) groups excluding carboxylic acids is 1. The highest BCUT2D eigenvalue weighted by atomic mass is 32.1. The monoisotopic (exact) mass is 430 g/mol. The summed E-state index contributed by atoms with van der Waals surface area (Å²) in [6, 6.07) is 0. The summed E-state index contributed by atoms with van der Waals surface area (Å²) in [5.74, 6) is 1.05. The molecule has 2 aliphatic rings. The van der Waals surface area contributed by atoms with Crippen molar-refractivity contribution >= 4 is 27.5 Å². The lowest BCUT2D eigenvalue weighted by Gasteiger charge is -2.34. The van der Waals surface area contributed by atoms with E-state index in [1.807, 2.05) is 4.90 Å². The van der Waals surface area contributed by atoms with Gasteiger partial charge in [0.2, 0.25) is 5.91 Å². The van der Waals surface area contributed by atoms with Crippen LogP contribution in [0.4, 0.5) is 0 Å². The molecule has 0 bridgehead atoms. The zero-order chi connectivity index (χ0) is 20.9. The van der Waals surface area contributed by atoms with Crippen molar-refractivity contribution in [1.82, 2.24) is 19.8 Å². The average molecular weight is 431 g/mol. The number of carbonyl (C=O) groups is 1. The number of aromatic nitrogens is 2. The summed E-state index contributed by atoms with van der Waals surface area (Å²) < 4.78 is 0. The van der Waals surface area contributed by atoms with Crippen LogP contribution >= 0.6 is 11.3 Å². The third kappa shape index (κ3) is 4.94. The topological polar surface area (TPSA) is 69.3 Å². The maximum Gasteiger partial charge on any atom is 0.259 e. The number of piperazine rings is 1. The van der Waals surface area contributed by atoms with E-state index in [1.54, 1.807) is 11.3 Å². The van der Waals surface area contributed by atoms with Gasteiger partial charge in [-0.3, -0.25) is 14.5 Å². The zero-order valence-electron chi connectivity index (χ0n) is 18.2. The second-order valence-corrected chi connectivity index (χ2v) is 9.81. The molecule has 0 unspecified atom stereocenters. The largest absolute Gasteiger partial charge is 0.340 e. The van der Waals surface area contributed by atoms with Crippen LogP contribution in [0.15, 0.2) is 4.79 Å². The molecule has 7 heteroatoms. The summed E-state index contributed by atoms with van der Waals surface area (Å²) in [6.45, 7) is 6.07. The number of H-pyrrole nitrogens is 1. The van der Waals surface area contributed by atoms with Gasteiger partial charge in [-0.1, -0.05) is 32.6 Å². The van der Waals surface area contributed by atoms with E-state index in [2.05, 4.69) is 16.8 Å². The molecule has 0 aromatic carbocycles. The number of rotatable bonds is 8. The van der Waals surface area contributed by atoms with Crippen LogP contribution in [0.3, 0.4) is 0 Å². The first-order chi connectivity index (χ1) is 14.7. The first-order valence-corrected chi connectivity index (χ1v) is 12.5. The number of aromatic amines is 1. The Morgan fingerprint density at radius 3 is 2.63 bits per heavy atom. The Morgan fingerprint density at radius 2 is 1.83 bits per heavy atom. The first kappa shape index (κ1) is 21.5. The number of unbranched alkanes of at least 4 members (excludes halogenated alkanes) is 4. The SMILES string of the molecule is CCCCCCCC(=O)N1CCN(Cc2nc3sc4c(c3c(=O)[nH]2)CCCC4)CC1. The predicted molar refractivity (Wildman–Crippen MR) is 122 cm³/mol. The van der Waals surface area contributed by atoms with Crippen molar-refractivity contribution in [2.75, 3.05) is 26.2 Å². The molecule has 1 aliphatic heterocycles. The van der Waals surface area contributed by atoms with Crippen molar-refractivity contribution in [2.24, 2.45) is 0 Å². The summed E-state index contributed by atoms with van der Waals surface area (Å²) in [5.41, 5.74) is 1.26. The highest BCUT2D eigenvalue weighted by molar-refractivity contribution is 7.18. The Labute approximate surface area is 182 Å². The standard InChI is InChI=1S/C23H34N4O2S/c1-2-3-4-5-6-11-20(28)27-14-12-26(13-15-27)16-19-24-22(29)21-17-9-7-8-10-18(17)30-23(21)25-19/h2-16H2,1H3,(H,24,25,29). The van der Waals surface area contributed by atoms with Gasteiger partial charge in [0.1, 0.15) is 10.7 Å². The molecule has 1 N–H and O–H groups in total. The second kappa shape index (κ2) is 10.1. The number of thiophene rings is 1. The van der Waals surface area contributed by atoms with Crippen LogP contribution in [0, 0.1) is 0 Å². The van der Waals surface area contributed by atoms with E-state index in [9.17, 15) is 9.59 Å². The maximum absolute atomic E-state index is 12.7.